The van der Waals surface area contributed by atoms with Crippen LogP contribution in [0.5, 0.6) is 0 Å². The molecule has 1 atom stereocenters. The van der Waals surface area contributed by atoms with Crippen molar-refractivity contribution in [2.75, 3.05) is 6.26 Å². The molecule has 1 rings (SSSR count). The lowest BCUT2D eigenvalue weighted by molar-refractivity contribution is 0.265. The van der Waals surface area contributed by atoms with Crippen molar-refractivity contribution in [3.63, 3.8) is 0 Å². The highest BCUT2D eigenvalue weighted by Crippen LogP contribution is 2.29. The molecule has 5 heteroatoms. The van der Waals surface area contributed by atoms with Gasteiger partial charge in [-0.2, -0.15) is 22.0 Å². The Morgan fingerprint density at radius 1 is 1.56 bits per heavy atom. The van der Waals surface area contributed by atoms with Crippen molar-refractivity contribution in [3.05, 3.63) is 11.7 Å². The Kier molecular flexibility index (Phi) is 4.81. The maximum atomic E-state index is 8.78. The van der Waals surface area contributed by atoms with Gasteiger partial charge in [-0.25, -0.2) is 0 Å². The highest BCUT2D eigenvalue weighted by atomic mass is 32.2. The Bertz CT molecular complexity index is 372. The van der Waals surface area contributed by atoms with Gasteiger partial charge in [0.15, 0.2) is 5.82 Å². The summed E-state index contributed by atoms with van der Waals surface area (Å²) in [5.74, 6) is 2.14. The summed E-state index contributed by atoms with van der Waals surface area (Å²) in [6.45, 7) is 4.16. The number of rotatable bonds is 6. The first-order valence-corrected chi connectivity index (χ1v) is 6.70. The van der Waals surface area contributed by atoms with Crippen LogP contribution in [0.2, 0.25) is 0 Å². The molecule has 0 aliphatic heterocycles. The van der Waals surface area contributed by atoms with Crippen LogP contribution in [0.15, 0.2) is 4.52 Å². The van der Waals surface area contributed by atoms with Crippen molar-refractivity contribution >= 4 is 11.8 Å². The molecular weight excluding hydrogens is 222 g/mol. The fourth-order valence-electron chi connectivity index (χ4n) is 1.42. The second-order valence-electron chi connectivity index (χ2n) is 4.21. The Hall–Kier alpha value is -1.02. The SMILES string of the molecule is CCC(C)(CC#N)Cc1nc(CSC)no1. The van der Waals surface area contributed by atoms with Crippen molar-refractivity contribution in [2.24, 2.45) is 5.41 Å². The molecule has 0 spiro atoms. The van der Waals surface area contributed by atoms with E-state index in [4.69, 9.17) is 9.78 Å². The van der Waals surface area contributed by atoms with Gasteiger partial charge in [0.1, 0.15) is 0 Å². The van der Waals surface area contributed by atoms with Gasteiger partial charge < -0.3 is 4.52 Å². The number of nitrogens with zero attached hydrogens (tertiary/aromatic N) is 3. The largest absolute Gasteiger partial charge is 0.339 e. The van der Waals surface area contributed by atoms with Crippen LogP contribution in [-0.2, 0) is 12.2 Å². The summed E-state index contributed by atoms with van der Waals surface area (Å²) in [5.41, 5.74) is -0.0576. The van der Waals surface area contributed by atoms with Gasteiger partial charge in [0.05, 0.1) is 11.8 Å². The van der Waals surface area contributed by atoms with Crippen LogP contribution in [0.3, 0.4) is 0 Å². The normalized spacial score (nSPS) is 14.4. The lowest BCUT2D eigenvalue weighted by Crippen LogP contribution is -2.18. The Labute approximate surface area is 100 Å². The van der Waals surface area contributed by atoms with Crippen molar-refractivity contribution in [2.45, 2.75) is 38.9 Å². The topological polar surface area (TPSA) is 62.7 Å². The lowest BCUT2D eigenvalue weighted by atomic mass is 9.81. The number of aromatic nitrogens is 2. The van der Waals surface area contributed by atoms with Crippen molar-refractivity contribution < 1.29 is 4.52 Å². The monoisotopic (exact) mass is 239 g/mol. The van der Waals surface area contributed by atoms with Gasteiger partial charge in [0, 0.05) is 12.8 Å². The molecular formula is C11H17N3OS. The van der Waals surface area contributed by atoms with Gasteiger partial charge in [0.2, 0.25) is 5.89 Å². The van der Waals surface area contributed by atoms with Gasteiger partial charge >= 0.3 is 0 Å². The van der Waals surface area contributed by atoms with Crippen LogP contribution >= 0.6 is 11.8 Å². The number of hydrogen-bond donors (Lipinski definition) is 0. The summed E-state index contributed by atoms with van der Waals surface area (Å²) in [6, 6.07) is 2.22. The smallest absolute Gasteiger partial charge is 0.227 e. The van der Waals surface area contributed by atoms with Crippen LogP contribution in [0.4, 0.5) is 0 Å². The van der Waals surface area contributed by atoms with Crippen LogP contribution in [0, 0.1) is 16.7 Å². The average Bonchev–Trinajstić information content (AvgIpc) is 2.66. The molecule has 0 aliphatic carbocycles. The van der Waals surface area contributed by atoms with E-state index < -0.39 is 0 Å². The Morgan fingerprint density at radius 3 is 2.88 bits per heavy atom. The fraction of sp³-hybridized carbons (Fsp3) is 0.727. The molecule has 1 aromatic heterocycles. The first-order valence-electron chi connectivity index (χ1n) is 5.31. The third kappa shape index (κ3) is 3.53. The fourth-order valence-corrected chi connectivity index (χ4v) is 1.79. The molecule has 88 valence electrons. The lowest BCUT2D eigenvalue weighted by Gasteiger charge is -2.22. The van der Waals surface area contributed by atoms with Gasteiger partial charge in [-0.3, -0.25) is 0 Å². The summed E-state index contributed by atoms with van der Waals surface area (Å²) < 4.78 is 5.18. The molecule has 0 aromatic carbocycles. The summed E-state index contributed by atoms with van der Waals surface area (Å²) in [6.07, 6.45) is 4.13. The van der Waals surface area contributed by atoms with Gasteiger partial charge in [-0.1, -0.05) is 19.0 Å². The third-order valence-electron chi connectivity index (χ3n) is 2.72. The molecule has 1 heterocycles. The number of hydrogen-bond acceptors (Lipinski definition) is 5. The minimum Gasteiger partial charge on any atom is -0.339 e. The zero-order valence-corrected chi connectivity index (χ0v) is 10.8. The van der Waals surface area contributed by atoms with E-state index in [-0.39, 0.29) is 5.41 Å². The third-order valence-corrected chi connectivity index (χ3v) is 3.27. The summed E-state index contributed by atoms with van der Waals surface area (Å²) >= 11 is 1.66. The maximum Gasteiger partial charge on any atom is 0.227 e. The van der Waals surface area contributed by atoms with E-state index in [1.807, 2.05) is 6.26 Å². The van der Waals surface area contributed by atoms with E-state index in [2.05, 4.69) is 30.1 Å². The van der Waals surface area contributed by atoms with E-state index in [9.17, 15) is 0 Å². The molecule has 16 heavy (non-hydrogen) atoms. The molecule has 0 bridgehead atoms. The first-order chi connectivity index (χ1) is 7.63. The molecule has 0 fully saturated rings. The minimum atomic E-state index is -0.0576. The van der Waals surface area contributed by atoms with Gasteiger partial charge in [0.25, 0.3) is 0 Å². The maximum absolute atomic E-state index is 8.78. The van der Waals surface area contributed by atoms with Crippen LogP contribution in [0.25, 0.3) is 0 Å². The zero-order chi connectivity index (χ0) is 12.0. The number of nitriles is 1. The molecule has 1 unspecified atom stereocenters. The quantitative estimate of drug-likeness (QED) is 0.763. The summed E-state index contributed by atoms with van der Waals surface area (Å²) in [4.78, 5) is 4.31. The molecule has 0 amide bonds. The predicted molar refractivity (Wildman–Crippen MR) is 63.8 cm³/mol. The van der Waals surface area contributed by atoms with E-state index in [0.29, 0.717) is 18.7 Å². The predicted octanol–water partition coefficient (Wildman–Crippen LogP) is 2.81. The summed E-state index contributed by atoms with van der Waals surface area (Å²) in [7, 11) is 0. The van der Waals surface area contributed by atoms with Crippen molar-refractivity contribution in [1.82, 2.24) is 10.1 Å². The summed E-state index contributed by atoms with van der Waals surface area (Å²) in [5, 5.41) is 12.7. The van der Waals surface area contributed by atoms with Gasteiger partial charge in [-0.05, 0) is 18.1 Å². The Morgan fingerprint density at radius 2 is 2.31 bits per heavy atom. The number of thioether (sulfide) groups is 1. The molecule has 4 nitrogen and oxygen atoms in total. The van der Waals surface area contributed by atoms with Crippen LogP contribution < -0.4 is 0 Å². The second-order valence-corrected chi connectivity index (χ2v) is 5.08. The van der Waals surface area contributed by atoms with Crippen LogP contribution in [0.1, 0.15) is 38.4 Å². The van der Waals surface area contributed by atoms with E-state index in [1.165, 1.54) is 0 Å². The van der Waals surface area contributed by atoms with E-state index in [1.54, 1.807) is 11.8 Å². The second kappa shape index (κ2) is 5.90. The minimum absolute atomic E-state index is 0.0576. The molecule has 0 saturated heterocycles. The van der Waals surface area contributed by atoms with Crippen molar-refractivity contribution in [3.8, 4) is 6.07 Å². The molecule has 0 N–H and O–H groups in total. The van der Waals surface area contributed by atoms with E-state index in [0.717, 1.165) is 18.0 Å². The van der Waals surface area contributed by atoms with E-state index >= 15 is 0 Å². The highest BCUT2D eigenvalue weighted by molar-refractivity contribution is 7.97. The van der Waals surface area contributed by atoms with Crippen LogP contribution in [-0.4, -0.2) is 16.4 Å². The molecule has 0 radical (unpaired) electrons. The standard InChI is InChI=1S/C11H17N3OS/c1-4-11(2,5-6-12)7-10-13-9(8-16-3)14-15-10/h4-5,7-8H2,1-3H3. The average molecular weight is 239 g/mol. The highest BCUT2D eigenvalue weighted by Gasteiger charge is 2.25. The van der Waals surface area contributed by atoms with Gasteiger partial charge in [-0.15, -0.1) is 0 Å². The molecule has 0 saturated carbocycles. The molecule has 1 aromatic rings. The zero-order valence-electron chi connectivity index (χ0n) is 9.99. The Balaban J connectivity index is 2.67. The molecule has 0 aliphatic rings. The first kappa shape index (κ1) is 13.0. The van der Waals surface area contributed by atoms with Crippen molar-refractivity contribution in [1.29, 1.82) is 5.26 Å².